The largest absolute Gasteiger partial charge is 0.352 e. The molecule has 2 N–H and O–H groups in total. The van der Waals surface area contributed by atoms with Crippen molar-refractivity contribution in [2.24, 2.45) is 11.8 Å². The highest BCUT2D eigenvalue weighted by Crippen LogP contribution is 2.18. The van der Waals surface area contributed by atoms with Crippen molar-refractivity contribution in [2.75, 3.05) is 0 Å². The maximum Gasteiger partial charge on any atom is 0.149 e. The van der Waals surface area contributed by atoms with Gasteiger partial charge in [-0.2, -0.15) is 0 Å². The fraction of sp³-hybridized carbons (Fsp3) is 0.769. The summed E-state index contributed by atoms with van der Waals surface area (Å²) in [6.45, 7) is 9.34. The molecule has 1 aromatic rings. The van der Waals surface area contributed by atoms with E-state index in [9.17, 15) is 0 Å². The molecule has 0 bridgehead atoms. The Hall–Kier alpha value is -0.430. The fourth-order valence-electron chi connectivity index (χ4n) is 3.84. The van der Waals surface area contributed by atoms with Crippen LogP contribution in [-0.4, -0.2) is 9.79 Å². The molecule has 0 unspecified atom stereocenters. The minimum atomic E-state index is -0.917. The molecular formula is C26H49O2P. The van der Waals surface area contributed by atoms with Gasteiger partial charge in [0.05, 0.1) is 0 Å². The summed E-state index contributed by atoms with van der Waals surface area (Å²) in [7, 11) is -0.917. The summed E-state index contributed by atoms with van der Waals surface area (Å²) in [4.78, 5) is 14.3. The van der Waals surface area contributed by atoms with Crippen LogP contribution in [0.1, 0.15) is 116 Å². The molecule has 29 heavy (non-hydrogen) atoms. The van der Waals surface area contributed by atoms with Crippen LogP contribution in [0.5, 0.6) is 0 Å². The second kappa shape index (κ2) is 20.8. The summed E-state index contributed by atoms with van der Waals surface area (Å²) in [6.07, 6.45) is 19.5. The molecular weight excluding hydrogens is 375 g/mol. The van der Waals surface area contributed by atoms with Crippen LogP contribution in [0.25, 0.3) is 0 Å². The molecule has 0 atom stereocenters. The van der Waals surface area contributed by atoms with Gasteiger partial charge in [-0.1, -0.05) is 116 Å². The lowest BCUT2D eigenvalue weighted by Gasteiger charge is -2.10. The zero-order chi connectivity index (χ0) is 21.7. The minimum Gasteiger partial charge on any atom is -0.352 e. The van der Waals surface area contributed by atoms with Gasteiger partial charge < -0.3 is 9.79 Å². The molecule has 3 heteroatoms. The number of hydrogen-bond donors (Lipinski definition) is 2. The zero-order valence-electron chi connectivity index (χ0n) is 19.8. The second-order valence-corrected chi connectivity index (χ2v) is 9.47. The number of unbranched alkanes of at least 4 members (excludes halogenated alkanes) is 8. The molecule has 0 amide bonds. The fourth-order valence-corrected chi connectivity index (χ4v) is 3.84. The molecule has 0 radical (unpaired) electrons. The van der Waals surface area contributed by atoms with E-state index < -0.39 is 9.03 Å². The van der Waals surface area contributed by atoms with Gasteiger partial charge in [0.1, 0.15) is 9.03 Å². The summed E-state index contributed by atoms with van der Waals surface area (Å²) in [5.74, 6) is 1.74. The van der Waals surface area contributed by atoms with Crippen LogP contribution < -0.4 is 0 Å². The van der Waals surface area contributed by atoms with Gasteiger partial charge in [0.25, 0.3) is 0 Å². The molecule has 0 fully saturated rings. The summed E-state index contributed by atoms with van der Waals surface area (Å²) < 4.78 is 0. The molecule has 0 aliphatic carbocycles. The Morgan fingerprint density at radius 3 is 1.24 bits per heavy atom. The highest BCUT2D eigenvalue weighted by atomic mass is 31.1. The normalized spacial score (nSPS) is 11.0. The lowest BCUT2D eigenvalue weighted by Crippen LogP contribution is -1.95. The monoisotopic (exact) mass is 424 g/mol. The first kappa shape index (κ1) is 28.6. The standard InChI is InChI=1S/C26H46.H3O2P/c1-23(2)17-11-7-5-9-13-19-25-21-15-16-22-26(25)20-14-10-6-8-12-18-24(3)4;1-3-2/h15-16,21-24H,5-14,17-20H2,1-4H3;1-3H. The number of benzene rings is 1. The van der Waals surface area contributed by atoms with Crippen LogP contribution in [0.15, 0.2) is 24.3 Å². The van der Waals surface area contributed by atoms with Crippen molar-refractivity contribution in [1.29, 1.82) is 0 Å². The van der Waals surface area contributed by atoms with Crippen LogP contribution in [0.2, 0.25) is 0 Å². The first-order valence-electron chi connectivity index (χ1n) is 12.1. The van der Waals surface area contributed by atoms with E-state index in [-0.39, 0.29) is 0 Å². The van der Waals surface area contributed by atoms with Crippen molar-refractivity contribution in [2.45, 2.75) is 118 Å². The molecule has 0 spiro atoms. The topological polar surface area (TPSA) is 40.5 Å². The Labute approximate surface area is 183 Å². The predicted molar refractivity (Wildman–Crippen MR) is 132 cm³/mol. The smallest absolute Gasteiger partial charge is 0.149 e. The zero-order valence-corrected chi connectivity index (χ0v) is 20.8. The van der Waals surface area contributed by atoms with E-state index in [0.29, 0.717) is 0 Å². The van der Waals surface area contributed by atoms with Gasteiger partial charge in [0.15, 0.2) is 0 Å². The van der Waals surface area contributed by atoms with E-state index in [0.717, 1.165) is 11.8 Å². The molecule has 0 aromatic heterocycles. The van der Waals surface area contributed by atoms with Crippen molar-refractivity contribution in [3.05, 3.63) is 35.4 Å². The molecule has 1 aromatic carbocycles. The van der Waals surface area contributed by atoms with E-state index in [2.05, 4.69) is 52.0 Å². The maximum atomic E-state index is 7.15. The van der Waals surface area contributed by atoms with Crippen LogP contribution in [0.4, 0.5) is 0 Å². The highest BCUT2D eigenvalue weighted by molar-refractivity contribution is 7.23. The van der Waals surface area contributed by atoms with E-state index in [1.165, 1.54) is 89.9 Å². The van der Waals surface area contributed by atoms with E-state index in [1.807, 2.05) is 0 Å². The summed E-state index contributed by atoms with van der Waals surface area (Å²) in [5.41, 5.74) is 3.24. The first-order chi connectivity index (χ1) is 14.0. The van der Waals surface area contributed by atoms with Crippen molar-refractivity contribution in [3.63, 3.8) is 0 Å². The molecule has 0 heterocycles. The van der Waals surface area contributed by atoms with Gasteiger partial charge in [-0.15, -0.1) is 0 Å². The first-order valence-corrected chi connectivity index (χ1v) is 13.0. The molecule has 0 aliphatic rings. The SMILES string of the molecule is CC(C)CCCCCCCc1ccccc1CCCCCCCC(C)C.OPO. The van der Waals surface area contributed by atoms with Crippen molar-refractivity contribution in [1.82, 2.24) is 0 Å². The highest BCUT2D eigenvalue weighted by Gasteiger charge is 2.03. The average Bonchev–Trinajstić information content (AvgIpc) is 2.67. The molecule has 0 saturated carbocycles. The summed E-state index contributed by atoms with van der Waals surface area (Å²) in [6, 6.07) is 9.20. The van der Waals surface area contributed by atoms with Gasteiger partial charge >= 0.3 is 0 Å². The average molecular weight is 425 g/mol. The number of aryl methyl sites for hydroxylation is 2. The van der Waals surface area contributed by atoms with Crippen molar-refractivity contribution in [3.8, 4) is 0 Å². The number of rotatable bonds is 16. The van der Waals surface area contributed by atoms with E-state index in [1.54, 1.807) is 11.1 Å². The molecule has 1 rings (SSSR count). The molecule has 2 nitrogen and oxygen atoms in total. The van der Waals surface area contributed by atoms with E-state index in [4.69, 9.17) is 9.79 Å². The van der Waals surface area contributed by atoms with Gasteiger partial charge in [0.2, 0.25) is 0 Å². The molecule has 170 valence electrons. The lowest BCUT2D eigenvalue weighted by atomic mass is 9.96. The quantitative estimate of drug-likeness (QED) is 0.207. The van der Waals surface area contributed by atoms with Gasteiger partial charge in [-0.05, 0) is 48.6 Å². The van der Waals surface area contributed by atoms with Crippen LogP contribution >= 0.6 is 9.03 Å². The Kier molecular flexibility index (Phi) is 20.5. The summed E-state index contributed by atoms with van der Waals surface area (Å²) >= 11 is 0. The van der Waals surface area contributed by atoms with Crippen LogP contribution in [0, 0.1) is 11.8 Å². The predicted octanol–water partition coefficient (Wildman–Crippen LogP) is 8.24. The number of hydrogen-bond acceptors (Lipinski definition) is 2. The van der Waals surface area contributed by atoms with Gasteiger partial charge in [-0.3, -0.25) is 0 Å². The van der Waals surface area contributed by atoms with Crippen LogP contribution in [0.3, 0.4) is 0 Å². The third kappa shape index (κ3) is 19.3. The van der Waals surface area contributed by atoms with Crippen molar-refractivity contribution < 1.29 is 9.79 Å². The van der Waals surface area contributed by atoms with Gasteiger partial charge in [-0.25, -0.2) is 0 Å². The maximum absolute atomic E-state index is 7.15. The van der Waals surface area contributed by atoms with Crippen LogP contribution in [-0.2, 0) is 12.8 Å². The Bertz CT molecular complexity index is 419. The second-order valence-electron chi connectivity index (χ2n) is 9.27. The summed E-state index contributed by atoms with van der Waals surface area (Å²) in [5, 5.41) is 0. The lowest BCUT2D eigenvalue weighted by molar-refractivity contribution is 0.513. The Morgan fingerprint density at radius 1 is 0.586 bits per heavy atom. The van der Waals surface area contributed by atoms with E-state index >= 15 is 0 Å². The Balaban J connectivity index is 0.00000245. The Morgan fingerprint density at radius 2 is 0.897 bits per heavy atom. The van der Waals surface area contributed by atoms with Gasteiger partial charge in [0, 0.05) is 0 Å². The molecule has 0 aliphatic heterocycles. The third-order valence-corrected chi connectivity index (χ3v) is 5.57. The third-order valence-electron chi connectivity index (χ3n) is 5.57. The minimum absolute atomic E-state index is 0.872. The molecule has 0 saturated heterocycles. The van der Waals surface area contributed by atoms with Crippen molar-refractivity contribution >= 4 is 9.03 Å².